The maximum absolute atomic E-state index is 11.3. The number of likely N-dealkylation sites (N-methyl/N-ethyl adjacent to an activating group) is 1. The third-order valence-corrected chi connectivity index (χ3v) is 5.78. The molecule has 4 heteroatoms. The molecule has 1 aliphatic carbocycles. The average molecular weight is 301 g/mol. The maximum Gasteiger partial charge on any atom is 0.323 e. The van der Waals surface area contributed by atoms with Gasteiger partial charge >= 0.3 is 5.97 Å². The molecule has 0 amide bonds. The van der Waals surface area contributed by atoms with E-state index in [2.05, 4.69) is 24.0 Å². The van der Waals surface area contributed by atoms with E-state index in [0.717, 1.165) is 30.4 Å². The van der Waals surface area contributed by atoms with E-state index >= 15 is 0 Å². The van der Waals surface area contributed by atoms with Gasteiger partial charge in [-0.3, -0.25) is 4.79 Å². The molecule has 0 aliphatic heterocycles. The van der Waals surface area contributed by atoms with Crippen molar-refractivity contribution in [1.29, 1.82) is 0 Å². The van der Waals surface area contributed by atoms with Crippen LogP contribution in [0.5, 0.6) is 0 Å². The van der Waals surface area contributed by atoms with Gasteiger partial charge in [-0.05, 0) is 50.8 Å². The number of hydrogen-bond acceptors (Lipinski definition) is 3. The number of carboxylic acid groups (broad SMARTS) is 1. The van der Waals surface area contributed by atoms with Crippen LogP contribution in [0.3, 0.4) is 0 Å². The highest BCUT2D eigenvalue weighted by Gasteiger charge is 2.31. The predicted octanol–water partition coefficient (Wildman–Crippen LogP) is 3.92. The molecule has 3 atom stereocenters. The SMILES string of the molecule is CCNC(C)(CCCCSC1CCCC(C)C1)C(=O)O. The van der Waals surface area contributed by atoms with Crippen LogP contribution in [0.4, 0.5) is 0 Å². The minimum absolute atomic E-state index is 0.706. The Labute approximate surface area is 128 Å². The van der Waals surface area contributed by atoms with Gasteiger partial charge in [-0.25, -0.2) is 0 Å². The summed E-state index contributed by atoms with van der Waals surface area (Å²) in [5.74, 6) is 1.34. The monoisotopic (exact) mass is 301 g/mol. The minimum atomic E-state index is -0.751. The summed E-state index contributed by atoms with van der Waals surface area (Å²) in [5.41, 5.74) is -0.751. The van der Waals surface area contributed by atoms with Crippen LogP contribution in [0.25, 0.3) is 0 Å². The second-order valence-corrected chi connectivity index (χ2v) is 7.80. The molecule has 118 valence electrons. The highest BCUT2D eigenvalue weighted by molar-refractivity contribution is 7.99. The summed E-state index contributed by atoms with van der Waals surface area (Å²) < 4.78 is 0. The van der Waals surface area contributed by atoms with Crippen LogP contribution in [0.1, 0.15) is 65.7 Å². The molecule has 1 rings (SSSR count). The lowest BCUT2D eigenvalue weighted by molar-refractivity contribution is -0.144. The number of rotatable bonds is 9. The van der Waals surface area contributed by atoms with Gasteiger partial charge in [0, 0.05) is 5.25 Å². The van der Waals surface area contributed by atoms with Crippen molar-refractivity contribution in [2.75, 3.05) is 12.3 Å². The molecule has 1 aliphatic rings. The third kappa shape index (κ3) is 6.04. The molecule has 20 heavy (non-hydrogen) atoms. The molecule has 3 unspecified atom stereocenters. The molecule has 0 spiro atoms. The number of carbonyl (C=O) groups is 1. The van der Waals surface area contributed by atoms with Crippen LogP contribution >= 0.6 is 11.8 Å². The van der Waals surface area contributed by atoms with Crippen LogP contribution in [-0.4, -0.2) is 34.2 Å². The molecule has 0 bridgehead atoms. The Morgan fingerprint density at radius 3 is 2.75 bits per heavy atom. The molecule has 0 aromatic rings. The van der Waals surface area contributed by atoms with Crippen molar-refractivity contribution in [2.24, 2.45) is 5.92 Å². The Morgan fingerprint density at radius 1 is 1.40 bits per heavy atom. The average Bonchev–Trinajstić information content (AvgIpc) is 2.38. The molecular weight excluding hydrogens is 270 g/mol. The van der Waals surface area contributed by atoms with Gasteiger partial charge in [0.1, 0.15) is 5.54 Å². The van der Waals surface area contributed by atoms with E-state index in [-0.39, 0.29) is 0 Å². The Bertz CT molecular complexity index is 298. The van der Waals surface area contributed by atoms with Crippen molar-refractivity contribution in [3.8, 4) is 0 Å². The molecule has 0 radical (unpaired) electrons. The van der Waals surface area contributed by atoms with Crippen LogP contribution in [0, 0.1) is 5.92 Å². The molecule has 1 saturated carbocycles. The van der Waals surface area contributed by atoms with Crippen molar-refractivity contribution < 1.29 is 9.90 Å². The van der Waals surface area contributed by atoms with Gasteiger partial charge < -0.3 is 10.4 Å². The van der Waals surface area contributed by atoms with Gasteiger partial charge in [-0.1, -0.05) is 33.1 Å². The van der Waals surface area contributed by atoms with E-state index in [9.17, 15) is 9.90 Å². The number of thioether (sulfide) groups is 1. The molecule has 3 nitrogen and oxygen atoms in total. The van der Waals surface area contributed by atoms with E-state index in [1.807, 2.05) is 6.92 Å². The number of hydrogen-bond donors (Lipinski definition) is 2. The van der Waals surface area contributed by atoms with E-state index in [1.54, 1.807) is 6.92 Å². The molecule has 0 aromatic heterocycles. The fourth-order valence-corrected chi connectivity index (χ4v) is 4.52. The highest BCUT2D eigenvalue weighted by atomic mass is 32.2. The molecule has 0 saturated heterocycles. The van der Waals surface area contributed by atoms with Gasteiger partial charge in [-0.15, -0.1) is 0 Å². The van der Waals surface area contributed by atoms with Crippen molar-refractivity contribution in [1.82, 2.24) is 5.32 Å². The largest absolute Gasteiger partial charge is 0.480 e. The lowest BCUT2D eigenvalue weighted by Crippen LogP contribution is -2.49. The number of nitrogens with one attached hydrogen (secondary N) is 1. The van der Waals surface area contributed by atoms with Crippen molar-refractivity contribution in [3.63, 3.8) is 0 Å². The maximum atomic E-state index is 11.3. The zero-order chi connectivity index (χ0) is 15.0. The fraction of sp³-hybridized carbons (Fsp3) is 0.938. The van der Waals surface area contributed by atoms with E-state index in [4.69, 9.17) is 0 Å². The van der Waals surface area contributed by atoms with Gasteiger partial charge in [0.15, 0.2) is 0 Å². The first kappa shape index (κ1) is 17.8. The summed E-state index contributed by atoms with van der Waals surface area (Å²) in [6, 6.07) is 0. The van der Waals surface area contributed by atoms with Crippen molar-refractivity contribution in [2.45, 2.75) is 76.5 Å². The van der Waals surface area contributed by atoms with Crippen molar-refractivity contribution in [3.05, 3.63) is 0 Å². The van der Waals surface area contributed by atoms with Crippen LogP contribution in [-0.2, 0) is 4.79 Å². The lowest BCUT2D eigenvalue weighted by Gasteiger charge is -2.27. The molecular formula is C16H31NO2S. The van der Waals surface area contributed by atoms with Gasteiger partial charge in [0.2, 0.25) is 0 Å². The molecule has 2 N–H and O–H groups in total. The van der Waals surface area contributed by atoms with Gasteiger partial charge in [-0.2, -0.15) is 11.8 Å². The van der Waals surface area contributed by atoms with Gasteiger partial charge in [0.25, 0.3) is 0 Å². The van der Waals surface area contributed by atoms with Gasteiger partial charge in [0.05, 0.1) is 0 Å². The second kappa shape index (κ2) is 8.93. The Morgan fingerprint density at radius 2 is 2.15 bits per heavy atom. The summed E-state index contributed by atoms with van der Waals surface area (Å²) in [5, 5.41) is 13.2. The summed E-state index contributed by atoms with van der Waals surface area (Å²) >= 11 is 2.11. The van der Waals surface area contributed by atoms with E-state index in [1.165, 1.54) is 31.4 Å². The normalized spacial score (nSPS) is 26.1. The molecule has 0 heterocycles. The predicted molar refractivity (Wildman–Crippen MR) is 87.4 cm³/mol. The van der Waals surface area contributed by atoms with Crippen molar-refractivity contribution >= 4 is 17.7 Å². The minimum Gasteiger partial charge on any atom is -0.480 e. The first-order chi connectivity index (χ1) is 9.48. The Hall–Kier alpha value is -0.220. The summed E-state index contributed by atoms with van der Waals surface area (Å²) in [6.07, 6.45) is 8.37. The first-order valence-electron chi connectivity index (χ1n) is 8.08. The summed E-state index contributed by atoms with van der Waals surface area (Å²) in [6.45, 7) is 6.83. The van der Waals surface area contributed by atoms with E-state index in [0.29, 0.717) is 6.54 Å². The smallest absolute Gasteiger partial charge is 0.323 e. The zero-order valence-electron chi connectivity index (χ0n) is 13.3. The third-order valence-electron chi connectivity index (χ3n) is 4.35. The zero-order valence-corrected chi connectivity index (χ0v) is 14.1. The highest BCUT2D eigenvalue weighted by Crippen LogP contribution is 2.32. The number of aliphatic carboxylic acids is 1. The fourth-order valence-electron chi connectivity index (χ4n) is 3.02. The standard InChI is InChI=1S/C16H31NO2S/c1-4-17-16(3,15(18)19)10-5-6-11-20-14-9-7-8-13(2)12-14/h13-14,17H,4-12H2,1-3H3,(H,18,19). The molecule has 1 fully saturated rings. The summed E-state index contributed by atoms with van der Waals surface area (Å²) in [7, 11) is 0. The quantitative estimate of drug-likeness (QED) is 0.634. The topological polar surface area (TPSA) is 49.3 Å². The van der Waals surface area contributed by atoms with Crippen LogP contribution in [0.2, 0.25) is 0 Å². The summed E-state index contributed by atoms with van der Waals surface area (Å²) in [4.78, 5) is 11.3. The Kier molecular flexibility index (Phi) is 7.96. The lowest BCUT2D eigenvalue weighted by atomic mass is 9.91. The molecule has 0 aromatic carbocycles. The van der Waals surface area contributed by atoms with Crippen LogP contribution < -0.4 is 5.32 Å². The number of unbranched alkanes of at least 4 members (excludes halogenated alkanes) is 1. The first-order valence-corrected chi connectivity index (χ1v) is 9.13. The Balaban J connectivity index is 2.15. The van der Waals surface area contributed by atoms with Crippen LogP contribution in [0.15, 0.2) is 0 Å². The second-order valence-electron chi connectivity index (χ2n) is 6.39. The number of carboxylic acids is 1. The van der Waals surface area contributed by atoms with E-state index < -0.39 is 11.5 Å².